The van der Waals surface area contributed by atoms with Crippen LogP contribution in [0.4, 0.5) is 4.79 Å². The molecule has 0 aromatic carbocycles. The molecule has 0 aliphatic heterocycles. The van der Waals surface area contributed by atoms with Crippen LogP contribution in [-0.2, 0) is 4.74 Å². The summed E-state index contributed by atoms with van der Waals surface area (Å²) >= 11 is 0. The average molecular weight is 430 g/mol. The molecule has 1 heterocycles. The van der Waals surface area contributed by atoms with Crippen molar-refractivity contribution < 1.29 is 14.3 Å². The number of carbonyl (C=O) groups is 2. The molecule has 0 aliphatic carbocycles. The summed E-state index contributed by atoms with van der Waals surface area (Å²) in [5, 5.41) is 12.1. The number of aromatic nitrogens is 1. The van der Waals surface area contributed by atoms with E-state index in [9.17, 15) is 14.9 Å². The Balaban J connectivity index is 3.42. The minimum absolute atomic E-state index is 0.0316. The van der Waals surface area contributed by atoms with Crippen LogP contribution in [0, 0.1) is 11.3 Å². The van der Waals surface area contributed by atoms with Gasteiger partial charge >= 0.3 is 6.09 Å². The molecule has 7 nitrogen and oxygen atoms in total. The van der Waals surface area contributed by atoms with Crippen molar-refractivity contribution in [2.45, 2.75) is 47.1 Å². The number of nitrogens with zero attached hydrogens (tertiary/aromatic N) is 3. The predicted octanol–water partition coefficient (Wildman–Crippen LogP) is 4.59. The molecule has 0 saturated heterocycles. The van der Waals surface area contributed by atoms with Crippen LogP contribution in [0.3, 0.4) is 0 Å². The van der Waals surface area contributed by atoms with Crippen molar-refractivity contribution in [3.63, 3.8) is 0 Å². The highest BCUT2D eigenvalue weighted by Crippen LogP contribution is 2.26. The quantitative estimate of drug-likeness (QED) is 0.309. The fourth-order valence-electron chi connectivity index (χ4n) is 2.55. The molecule has 1 atom stereocenters. The van der Waals surface area contributed by atoms with E-state index in [2.05, 4.69) is 14.7 Å². The van der Waals surface area contributed by atoms with E-state index < -0.39 is 11.7 Å². The van der Waals surface area contributed by atoms with Crippen molar-refractivity contribution in [3.05, 3.63) is 46.1 Å². The summed E-state index contributed by atoms with van der Waals surface area (Å²) in [5.74, 6) is -0.387. The van der Waals surface area contributed by atoms with Crippen LogP contribution >= 0.6 is 9.39 Å². The lowest BCUT2D eigenvalue weighted by molar-refractivity contribution is 0.0546. The summed E-state index contributed by atoms with van der Waals surface area (Å²) in [7, 11) is 6.00. The molecule has 1 N–H and O–H groups in total. The highest BCUT2D eigenvalue weighted by molar-refractivity contribution is 7.14. The average Bonchev–Trinajstić information content (AvgIpc) is 2.85. The van der Waals surface area contributed by atoms with E-state index in [0.29, 0.717) is 17.1 Å². The molecule has 0 spiro atoms. The molecule has 8 heteroatoms. The summed E-state index contributed by atoms with van der Waals surface area (Å²) in [6.45, 7) is 11.0. The SMILES string of the molecule is CC(C)=Cc1cc(C(=O)/C(C#N)=C/N(C)C)n(P)c1/C=C(\C)NC(=O)OC(C)(C)C. The zero-order valence-corrected chi connectivity index (χ0v) is 20.1. The third-order valence-electron chi connectivity index (χ3n) is 3.59. The summed E-state index contributed by atoms with van der Waals surface area (Å²) in [6, 6.07) is 3.69. The van der Waals surface area contributed by atoms with E-state index in [1.54, 1.807) is 63.2 Å². The number of hydrogen-bond acceptors (Lipinski definition) is 5. The first-order chi connectivity index (χ1) is 13.7. The summed E-state index contributed by atoms with van der Waals surface area (Å²) in [5.41, 5.74) is 2.85. The van der Waals surface area contributed by atoms with Crippen LogP contribution in [0.2, 0.25) is 0 Å². The van der Waals surface area contributed by atoms with E-state index in [4.69, 9.17) is 4.74 Å². The van der Waals surface area contributed by atoms with Gasteiger partial charge in [0, 0.05) is 31.6 Å². The number of amides is 1. The van der Waals surface area contributed by atoms with E-state index in [-0.39, 0.29) is 11.4 Å². The first kappa shape index (κ1) is 25.2. The molecular formula is C22H31N4O3P. The Kier molecular flexibility index (Phi) is 8.62. The molecule has 1 aromatic heterocycles. The molecule has 30 heavy (non-hydrogen) atoms. The summed E-state index contributed by atoms with van der Waals surface area (Å²) in [4.78, 5) is 26.6. The molecule has 1 rings (SSSR count). The Morgan fingerprint density at radius 2 is 1.83 bits per heavy atom. The molecule has 0 saturated carbocycles. The van der Waals surface area contributed by atoms with Crippen molar-refractivity contribution in [3.8, 4) is 6.07 Å². The highest BCUT2D eigenvalue weighted by atomic mass is 31.0. The second-order valence-electron chi connectivity index (χ2n) is 8.36. The first-order valence-electron chi connectivity index (χ1n) is 9.42. The van der Waals surface area contributed by atoms with Crippen LogP contribution in [0.25, 0.3) is 12.2 Å². The van der Waals surface area contributed by atoms with Gasteiger partial charge in [0.2, 0.25) is 5.78 Å². The van der Waals surface area contributed by atoms with Crippen LogP contribution in [0.15, 0.2) is 29.1 Å². The molecule has 0 aliphatic rings. The minimum atomic E-state index is -0.607. The van der Waals surface area contributed by atoms with Crippen LogP contribution < -0.4 is 5.32 Å². The van der Waals surface area contributed by atoms with Crippen molar-refractivity contribution in [1.82, 2.24) is 14.6 Å². The van der Waals surface area contributed by atoms with Gasteiger partial charge in [-0.05, 0) is 63.1 Å². The lowest BCUT2D eigenvalue weighted by Gasteiger charge is -2.19. The standard InChI is InChI=1S/C22H31N4O3P/c1-14(2)9-16-11-19(20(27)17(12-23)13-25(7)8)26(30)18(16)10-15(3)24-21(28)29-22(4,5)6/h9-11,13H,30H2,1-8H3,(H,24,28)/b15-10+,17-13+. The number of nitriles is 1. The van der Waals surface area contributed by atoms with Crippen molar-refractivity contribution in [1.29, 1.82) is 5.26 Å². The second kappa shape index (κ2) is 10.3. The van der Waals surface area contributed by atoms with Crippen LogP contribution in [0.5, 0.6) is 0 Å². The largest absolute Gasteiger partial charge is 0.444 e. The summed E-state index contributed by atoms with van der Waals surface area (Å²) < 4.78 is 6.92. The molecule has 162 valence electrons. The minimum Gasteiger partial charge on any atom is -0.444 e. The molecule has 0 bridgehead atoms. The zero-order chi connectivity index (χ0) is 23.2. The second-order valence-corrected chi connectivity index (χ2v) is 8.88. The third-order valence-corrected chi connectivity index (χ3v) is 4.14. The Morgan fingerprint density at radius 1 is 1.23 bits per heavy atom. The number of alkyl carbamates (subject to hydrolysis) is 1. The lowest BCUT2D eigenvalue weighted by atomic mass is 10.1. The first-order valence-corrected chi connectivity index (χ1v) is 9.94. The van der Waals surface area contributed by atoms with Gasteiger partial charge in [0.25, 0.3) is 0 Å². The van der Waals surface area contributed by atoms with Gasteiger partial charge < -0.3 is 14.0 Å². The molecule has 0 fully saturated rings. The molecule has 1 aromatic rings. The van der Waals surface area contributed by atoms with Crippen LogP contribution in [0.1, 0.15) is 63.3 Å². The Hall–Kier alpha value is -2.84. The monoisotopic (exact) mass is 430 g/mol. The fraction of sp³-hybridized carbons (Fsp3) is 0.409. The smallest absolute Gasteiger partial charge is 0.411 e. The number of ketones is 1. The Morgan fingerprint density at radius 3 is 2.30 bits per heavy atom. The van der Waals surface area contributed by atoms with Gasteiger partial charge in [-0.3, -0.25) is 10.1 Å². The summed E-state index contributed by atoms with van der Waals surface area (Å²) in [6.07, 6.45) is 4.63. The Labute approximate surface area is 181 Å². The third kappa shape index (κ3) is 7.53. The van der Waals surface area contributed by atoms with E-state index >= 15 is 0 Å². The Bertz CT molecular complexity index is 950. The number of rotatable bonds is 6. The lowest BCUT2D eigenvalue weighted by Crippen LogP contribution is -2.31. The van der Waals surface area contributed by atoms with Gasteiger partial charge in [0.1, 0.15) is 17.2 Å². The highest BCUT2D eigenvalue weighted by Gasteiger charge is 2.21. The van der Waals surface area contributed by atoms with Gasteiger partial charge in [-0.1, -0.05) is 11.6 Å². The van der Waals surface area contributed by atoms with Gasteiger partial charge in [0.05, 0.1) is 11.4 Å². The number of hydrogen-bond donors (Lipinski definition) is 1. The van der Waals surface area contributed by atoms with Gasteiger partial charge in [0.15, 0.2) is 0 Å². The van der Waals surface area contributed by atoms with Crippen LogP contribution in [-0.4, -0.2) is 40.8 Å². The zero-order valence-electron chi connectivity index (χ0n) is 19.0. The normalized spacial score (nSPS) is 12.1. The number of ether oxygens (including phenoxy) is 1. The molecule has 1 amide bonds. The van der Waals surface area contributed by atoms with Crippen molar-refractivity contribution >= 4 is 33.4 Å². The van der Waals surface area contributed by atoms with Crippen molar-refractivity contribution in [2.75, 3.05) is 14.1 Å². The number of allylic oxidation sites excluding steroid dienone is 3. The maximum Gasteiger partial charge on any atom is 0.411 e. The molecule has 0 radical (unpaired) electrons. The van der Waals surface area contributed by atoms with E-state index in [1.807, 2.05) is 26.0 Å². The van der Waals surface area contributed by atoms with Gasteiger partial charge in [-0.25, -0.2) is 4.79 Å². The van der Waals surface area contributed by atoms with Gasteiger partial charge in [-0.15, -0.1) is 0 Å². The predicted molar refractivity (Wildman–Crippen MR) is 124 cm³/mol. The van der Waals surface area contributed by atoms with Gasteiger partial charge in [-0.2, -0.15) is 5.26 Å². The maximum absolute atomic E-state index is 12.9. The van der Waals surface area contributed by atoms with E-state index in [0.717, 1.165) is 11.1 Å². The molecule has 1 unspecified atom stereocenters. The number of Topliss-reactive ketones (excluding diaryl/α,β-unsaturated/α-hetero) is 1. The number of carbonyl (C=O) groups excluding carboxylic acids is 2. The van der Waals surface area contributed by atoms with E-state index in [1.165, 1.54) is 6.20 Å². The maximum atomic E-state index is 12.9. The number of nitrogens with one attached hydrogen (secondary N) is 1. The topological polar surface area (TPSA) is 87.4 Å². The fourth-order valence-corrected chi connectivity index (χ4v) is 2.97. The molecular weight excluding hydrogens is 399 g/mol. The van der Waals surface area contributed by atoms with Crippen molar-refractivity contribution in [2.24, 2.45) is 0 Å².